The van der Waals surface area contributed by atoms with E-state index in [1.807, 2.05) is 272 Å². The number of aryl methyl sites for hydroxylation is 10. The van der Waals surface area contributed by atoms with Gasteiger partial charge in [-0.3, -0.25) is 48.1 Å². The molecule has 34 nitrogen and oxygen atoms in total. The van der Waals surface area contributed by atoms with Gasteiger partial charge in [0.25, 0.3) is 0 Å². The van der Waals surface area contributed by atoms with Gasteiger partial charge >= 0.3 is 0 Å². The van der Waals surface area contributed by atoms with Crippen LogP contribution < -0.4 is 65.1 Å². The smallest absolute Gasteiger partial charge is 0.230 e. The van der Waals surface area contributed by atoms with Gasteiger partial charge in [-0.1, -0.05) is 217 Å². The number of anilines is 12. The number of nitrogen functional groups attached to an aromatic ring is 3. The quantitative estimate of drug-likeness (QED) is 0.0472. The molecule has 0 bridgehead atoms. The minimum absolute atomic E-state index is 0.00292. The van der Waals surface area contributed by atoms with E-state index < -0.39 is 32.5 Å². The summed E-state index contributed by atoms with van der Waals surface area (Å²) >= 11 is 5.75. The standard InChI is InChI=1S/C14H22N2O.3C11H16N2O.C10H14ClN3O.2C10H16N4O.2C10H15N3O/c1-8-7-9(2)12(10(3)11(8)15)16-13(17)14(4,5)6;1-8-5-6-9(7-12-8)13-10(14)11(2,3)4;1-8-5-6-9(12-7-8)13-10(14)11(2,3)4;1-8-6-5-7-9(12-8)13-10(14)11(2,3)4;1-6-12-7(11)5-8(13-6)14-9(15)10(2,3)4;1-6-7(11)8(13-5-12-6)14-9(15)10(2,3)4;1-6-12-7(11)5-8(13-6)14-9(15)10(2,3)4;1-7-5-8(12-6-11-7)13-9(14)10(2,3)4;1-7-11-6-5-8(12-7)13-9(14)10(2,3)4/h7H,15H2,1-6H3,(H,16,17);5-7H,1-4H3,(H,13,14);2*5-7H,1-4H3,(H,12,13,14);5H,1-4H3,(H,12,13,14,15);5H,11H2,1-4H3,(H,12,13,14,15);5H,1-4H3,(H3,11,12,13,14,15);2*5-6H,1-4H3,(H,11,12,13,14). The van der Waals surface area contributed by atoms with Crippen LogP contribution >= 0.6 is 11.6 Å². The molecular weight excluding hydrogens is 1690 g/mol. The molecule has 0 atom stereocenters. The van der Waals surface area contributed by atoms with Crippen molar-refractivity contribution < 1.29 is 43.2 Å². The highest BCUT2D eigenvalue weighted by molar-refractivity contribution is 6.29. The summed E-state index contributed by atoms with van der Waals surface area (Å²) in [4.78, 5) is 157. The van der Waals surface area contributed by atoms with Crippen molar-refractivity contribution in [3.8, 4) is 0 Å². The van der Waals surface area contributed by atoms with E-state index in [0.29, 0.717) is 80.6 Å². The summed E-state index contributed by atoms with van der Waals surface area (Å²) in [6.45, 7) is 70.7. The van der Waals surface area contributed by atoms with Crippen molar-refractivity contribution in [3.63, 3.8) is 0 Å². The molecule has 0 saturated carbocycles. The molecule has 1 aromatic carbocycles. The predicted molar refractivity (Wildman–Crippen MR) is 532 cm³/mol. The highest BCUT2D eigenvalue weighted by atomic mass is 35.5. The number of hydrogen-bond donors (Lipinski definition) is 12. The van der Waals surface area contributed by atoms with Gasteiger partial charge in [-0.2, -0.15) is 0 Å². The molecule has 0 saturated heterocycles. The van der Waals surface area contributed by atoms with Gasteiger partial charge in [-0.05, 0) is 135 Å². The molecule has 0 unspecified atom stereocenters. The minimum Gasteiger partial charge on any atom is -0.398 e. The number of hydrogen-bond acceptors (Lipinski definition) is 25. The third kappa shape index (κ3) is 46.0. The zero-order chi connectivity index (χ0) is 102. The van der Waals surface area contributed by atoms with Crippen LogP contribution in [0, 0.1) is 125 Å². The van der Waals surface area contributed by atoms with Crippen LogP contribution in [0.1, 0.15) is 249 Å². The molecule has 0 radical (unpaired) electrons. The van der Waals surface area contributed by atoms with Crippen molar-refractivity contribution in [3.05, 3.63) is 172 Å². The van der Waals surface area contributed by atoms with Crippen molar-refractivity contribution in [1.29, 1.82) is 0 Å². The van der Waals surface area contributed by atoms with Crippen molar-refractivity contribution in [2.24, 2.45) is 48.7 Å². The Balaban J connectivity index is 0.000000743. The number of nitrogens with one attached hydrogen (secondary N) is 9. The third-order valence-electron chi connectivity index (χ3n) is 17.4. The molecule has 0 fully saturated rings. The maximum Gasteiger partial charge on any atom is 0.230 e. The lowest BCUT2D eigenvalue weighted by molar-refractivity contribution is -0.123. The normalized spacial score (nSPS) is 11.2. The van der Waals surface area contributed by atoms with E-state index in [9.17, 15) is 43.2 Å². The molecule has 0 aliphatic heterocycles. The lowest BCUT2D eigenvalue weighted by Gasteiger charge is -2.21. The SMILES string of the molecule is Cc1cc(C)c(NC(=O)C(C)(C)C)c(C)c1N.Cc1cc(NC(=O)C(C)(C)C)ncn1.Cc1ccc(NC(=O)C(C)(C)C)cn1.Cc1ccc(NC(=O)C(C)(C)C)nc1.Cc1cccc(NC(=O)C(C)(C)C)n1.Cc1nc(Cl)cc(NC(=O)C(C)(C)C)n1.Cc1nc(N)cc(NC(=O)C(C)(C)C)n1.Cc1nccc(NC(=O)C(C)(C)C)n1.Cc1ncnc(NC(=O)C(C)(C)C)c1N. The second-order valence-corrected chi connectivity index (χ2v) is 40.8. The van der Waals surface area contributed by atoms with Gasteiger partial charge in [-0.15, -0.1) is 0 Å². The Morgan fingerprint density at radius 1 is 0.295 bits per heavy atom. The fourth-order valence-electron chi connectivity index (χ4n) is 8.71. The number of amides is 9. The average Bonchev–Trinajstić information content (AvgIpc) is 0.809. The van der Waals surface area contributed by atoms with Crippen LogP contribution in [0.25, 0.3) is 0 Å². The summed E-state index contributed by atoms with van der Waals surface area (Å²) in [7, 11) is 0. The Kier molecular flexibility index (Phi) is 44.7. The van der Waals surface area contributed by atoms with Gasteiger partial charge in [-0.25, -0.2) is 59.8 Å². The Morgan fingerprint density at radius 2 is 0.705 bits per heavy atom. The van der Waals surface area contributed by atoms with E-state index >= 15 is 0 Å². The number of carbonyl (C=O) groups excluding carboxylic acids is 9. The van der Waals surface area contributed by atoms with Crippen LogP contribution in [0.5, 0.6) is 0 Å². The first-order valence-electron chi connectivity index (χ1n) is 42.8. The number of rotatable bonds is 9. The monoisotopic (exact) mass is 1840 g/mol. The summed E-state index contributed by atoms with van der Waals surface area (Å²) in [6.07, 6.45) is 7.84. The molecule has 15 N–H and O–H groups in total. The molecule has 8 heterocycles. The Bertz CT molecular complexity index is 5020. The fourth-order valence-corrected chi connectivity index (χ4v) is 8.93. The number of nitrogens with two attached hydrogens (primary N) is 3. The first kappa shape index (κ1) is 117. The van der Waals surface area contributed by atoms with Crippen LogP contribution in [0.4, 0.5) is 69.3 Å². The first-order valence-corrected chi connectivity index (χ1v) is 43.2. The molecule has 132 heavy (non-hydrogen) atoms. The van der Waals surface area contributed by atoms with Crippen molar-refractivity contribution in [1.82, 2.24) is 64.8 Å². The van der Waals surface area contributed by atoms with Crippen molar-refractivity contribution >= 4 is 134 Å². The number of halogens is 1. The Labute approximate surface area is 786 Å². The molecule has 9 aromatic rings. The van der Waals surface area contributed by atoms with E-state index in [0.717, 1.165) is 56.4 Å². The highest BCUT2D eigenvalue weighted by Gasteiger charge is 2.29. The summed E-state index contributed by atoms with van der Waals surface area (Å²) in [6, 6.07) is 21.5. The maximum atomic E-state index is 12.0. The predicted octanol–water partition coefficient (Wildman–Crippen LogP) is 19.0. The van der Waals surface area contributed by atoms with Gasteiger partial charge in [0.05, 0.1) is 23.3 Å². The van der Waals surface area contributed by atoms with Gasteiger partial charge in [0, 0.05) is 108 Å². The summed E-state index contributed by atoms with van der Waals surface area (Å²) in [5.41, 5.74) is 23.8. The molecular formula is C97H146ClN25O9. The van der Waals surface area contributed by atoms with Gasteiger partial charge < -0.3 is 65.1 Å². The van der Waals surface area contributed by atoms with Gasteiger partial charge in [0.15, 0.2) is 5.82 Å². The number of aromatic nitrogens is 13. The second kappa shape index (κ2) is 50.4. The molecule has 0 aliphatic rings. The topological polar surface area (TPSA) is 508 Å². The van der Waals surface area contributed by atoms with Crippen molar-refractivity contribution in [2.75, 3.05) is 65.1 Å². The lowest BCUT2D eigenvalue weighted by Crippen LogP contribution is -2.28. The number of carbonyl (C=O) groups is 9. The summed E-state index contributed by atoms with van der Waals surface area (Å²) in [5.74, 6) is 5.23. The van der Waals surface area contributed by atoms with Crippen LogP contribution in [-0.2, 0) is 43.2 Å². The van der Waals surface area contributed by atoms with E-state index in [-0.39, 0.29) is 69.4 Å². The summed E-state index contributed by atoms with van der Waals surface area (Å²) < 4.78 is 0. The van der Waals surface area contributed by atoms with E-state index in [1.165, 1.54) is 24.8 Å². The maximum absolute atomic E-state index is 12.0. The zero-order valence-corrected chi connectivity index (χ0v) is 85.7. The Morgan fingerprint density at radius 3 is 1.12 bits per heavy atom. The van der Waals surface area contributed by atoms with Crippen LogP contribution in [-0.4, -0.2) is 118 Å². The lowest BCUT2D eigenvalue weighted by atomic mass is 9.94. The number of benzene rings is 1. The molecule has 35 heteroatoms. The fraction of sp³-hybridized carbons (Fsp3) is 0.485. The molecule has 9 rings (SSSR count). The van der Waals surface area contributed by atoms with E-state index in [1.54, 1.807) is 70.6 Å². The average molecular weight is 1840 g/mol. The van der Waals surface area contributed by atoms with E-state index in [2.05, 4.69) is 113 Å². The first-order chi connectivity index (χ1) is 60.0. The highest BCUT2D eigenvalue weighted by Crippen LogP contribution is 2.31. The molecule has 720 valence electrons. The number of nitrogens with zero attached hydrogens (tertiary/aromatic N) is 13. The molecule has 8 aromatic heterocycles. The molecule has 9 amide bonds. The molecule has 0 spiro atoms. The Hall–Kier alpha value is -13.0. The van der Waals surface area contributed by atoms with Crippen LogP contribution in [0.3, 0.4) is 0 Å². The van der Waals surface area contributed by atoms with E-state index in [4.69, 9.17) is 28.8 Å². The van der Waals surface area contributed by atoms with Crippen LogP contribution in [0.2, 0.25) is 5.15 Å². The zero-order valence-electron chi connectivity index (χ0n) is 84.9. The largest absolute Gasteiger partial charge is 0.398 e. The summed E-state index contributed by atoms with van der Waals surface area (Å²) in [5, 5.41) is 25.2. The van der Waals surface area contributed by atoms with Crippen LogP contribution in [0.15, 0.2) is 104 Å². The van der Waals surface area contributed by atoms with Gasteiger partial charge in [0.2, 0.25) is 53.2 Å². The third-order valence-corrected chi connectivity index (χ3v) is 17.6. The number of pyridine rings is 3. The van der Waals surface area contributed by atoms with Gasteiger partial charge in [0.1, 0.15) is 76.0 Å². The van der Waals surface area contributed by atoms with Crippen molar-refractivity contribution in [2.45, 2.75) is 263 Å². The molecule has 0 aliphatic carbocycles. The second-order valence-electron chi connectivity index (χ2n) is 40.4. The minimum atomic E-state index is -0.467.